The second-order valence-corrected chi connectivity index (χ2v) is 5.97. The Balaban J connectivity index is 2.11. The molecule has 2 nitrogen and oxygen atoms in total. The van der Waals surface area contributed by atoms with Gasteiger partial charge in [0.15, 0.2) is 0 Å². The fourth-order valence-electron chi connectivity index (χ4n) is 1.90. The molecule has 0 aromatic carbocycles. The highest BCUT2D eigenvalue weighted by Crippen LogP contribution is 2.29. The summed E-state index contributed by atoms with van der Waals surface area (Å²) in [6.07, 6.45) is 4.37. The lowest BCUT2D eigenvalue weighted by Gasteiger charge is -2.11. The minimum Gasteiger partial charge on any atom is -0.356 e. The fourth-order valence-corrected chi connectivity index (χ4v) is 2.69. The third-order valence-corrected chi connectivity index (χ3v) is 3.49. The molecule has 0 heterocycles. The Hall–Kier alpha value is -0.0500. The Kier molecular flexibility index (Phi) is 4.93. The molecule has 0 spiro atoms. The summed E-state index contributed by atoms with van der Waals surface area (Å²) in [7, 11) is 0. The van der Waals surface area contributed by atoms with Crippen molar-refractivity contribution in [3.8, 4) is 0 Å². The SMILES string of the molecule is CC(C)CC(=O)NCC1CCC(Br)C1. The molecule has 1 aliphatic carbocycles. The zero-order chi connectivity index (χ0) is 10.6. The molecule has 1 amide bonds. The minimum absolute atomic E-state index is 0.207. The monoisotopic (exact) mass is 261 g/mol. The number of alkyl halides is 1. The quantitative estimate of drug-likeness (QED) is 0.775. The molecule has 1 saturated carbocycles. The van der Waals surface area contributed by atoms with Gasteiger partial charge < -0.3 is 5.32 Å². The van der Waals surface area contributed by atoms with Gasteiger partial charge in [-0.1, -0.05) is 29.8 Å². The first-order valence-electron chi connectivity index (χ1n) is 5.48. The second-order valence-electron chi connectivity index (χ2n) is 4.68. The van der Waals surface area contributed by atoms with Gasteiger partial charge in [0.05, 0.1) is 0 Å². The van der Waals surface area contributed by atoms with Crippen LogP contribution in [0.3, 0.4) is 0 Å². The summed E-state index contributed by atoms with van der Waals surface area (Å²) in [6, 6.07) is 0. The molecule has 0 aromatic heterocycles. The zero-order valence-electron chi connectivity index (χ0n) is 9.05. The smallest absolute Gasteiger partial charge is 0.220 e. The lowest BCUT2D eigenvalue weighted by molar-refractivity contribution is -0.121. The summed E-state index contributed by atoms with van der Waals surface area (Å²) in [4.78, 5) is 12.0. The maximum Gasteiger partial charge on any atom is 0.220 e. The average molecular weight is 262 g/mol. The molecular formula is C11H20BrNO. The number of hydrogen-bond acceptors (Lipinski definition) is 1. The normalized spacial score (nSPS) is 26.9. The summed E-state index contributed by atoms with van der Waals surface area (Å²) in [5.41, 5.74) is 0. The van der Waals surface area contributed by atoms with Crippen molar-refractivity contribution in [2.24, 2.45) is 11.8 Å². The van der Waals surface area contributed by atoms with Gasteiger partial charge in [0.1, 0.15) is 0 Å². The van der Waals surface area contributed by atoms with Crippen LogP contribution in [0.15, 0.2) is 0 Å². The molecule has 2 atom stereocenters. The third-order valence-electron chi connectivity index (χ3n) is 2.66. The van der Waals surface area contributed by atoms with Crippen LogP contribution >= 0.6 is 15.9 Å². The molecule has 0 bridgehead atoms. The van der Waals surface area contributed by atoms with E-state index < -0.39 is 0 Å². The van der Waals surface area contributed by atoms with Crippen molar-refractivity contribution in [1.29, 1.82) is 0 Å². The molecule has 0 radical (unpaired) electrons. The molecule has 0 aromatic rings. The molecule has 1 fully saturated rings. The number of carbonyl (C=O) groups excluding carboxylic acids is 1. The maximum absolute atomic E-state index is 11.4. The van der Waals surface area contributed by atoms with Crippen molar-refractivity contribution in [2.75, 3.05) is 6.54 Å². The topological polar surface area (TPSA) is 29.1 Å². The first-order valence-corrected chi connectivity index (χ1v) is 6.40. The summed E-state index contributed by atoms with van der Waals surface area (Å²) in [6.45, 7) is 5.01. The van der Waals surface area contributed by atoms with Gasteiger partial charge in [-0.2, -0.15) is 0 Å². The molecule has 82 valence electrons. The summed E-state index contributed by atoms with van der Waals surface area (Å²) < 4.78 is 0. The first-order chi connectivity index (χ1) is 6.58. The van der Waals surface area contributed by atoms with Crippen molar-refractivity contribution < 1.29 is 4.79 Å². The Morgan fingerprint density at radius 2 is 2.21 bits per heavy atom. The van der Waals surface area contributed by atoms with Crippen LogP contribution in [0.4, 0.5) is 0 Å². The van der Waals surface area contributed by atoms with Gasteiger partial charge in [0.2, 0.25) is 5.91 Å². The standard InChI is InChI=1S/C11H20BrNO/c1-8(2)5-11(14)13-7-9-3-4-10(12)6-9/h8-10H,3-7H2,1-2H3,(H,13,14). The molecule has 1 N–H and O–H groups in total. The van der Waals surface area contributed by atoms with E-state index in [9.17, 15) is 4.79 Å². The molecular weight excluding hydrogens is 242 g/mol. The average Bonchev–Trinajstić information content (AvgIpc) is 2.47. The van der Waals surface area contributed by atoms with E-state index >= 15 is 0 Å². The fraction of sp³-hybridized carbons (Fsp3) is 0.909. The molecule has 0 saturated heterocycles. The number of hydrogen-bond donors (Lipinski definition) is 1. The second kappa shape index (κ2) is 5.74. The highest BCUT2D eigenvalue weighted by molar-refractivity contribution is 9.09. The lowest BCUT2D eigenvalue weighted by Crippen LogP contribution is -2.29. The highest BCUT2D eigenvalue weighted by atomic mass is 79.9. The molecule has 14 heavy (non-hydrogen) atoms. The predicted octanol–water partition coefficient (Wildman–Crippen LogP) is 2.71. The van der Waals surface area contributed by atoms with Gasteiger partial charge in [0.25, 0.3) is 0 Å². The zero-order valence-corrected chi connectivity index (χ0v) is 10.6. The van der Waals surface area contributed by atoms with Gasteiger partial charge in [-0.3, -0.25) is 4.79 Å². The number of nitrogens with one attached hydrogen (secondary N) is 1. The van der Waals surface area contributed by atoms with Crippen LogP contribution in [0.5, 0.6) is 0 Å². The number of carbonyl (C=O) groups is 1. The van der Waals surface area contributed by atoms with E-state index in [4.69, 9.17) is 0 Å². The Morgan fingerprint density at radius 3 is 2.71 bits per heavy atom. The molecule has 1 rings (SSSR count). The van der Waals surface area contributed by atoms with Crippen molar-refractivity contribution >= 4 is 21.8 Å². The van der Waals surface area contributed by atoms with Gasteiger partial charge >= 0.3 is 0 Å². The van der Waals surface area contributed by atoms with Gasteiger partial charge in [-0.05, 0) is 31.1 Å². The van der Waals surface area contributed by atoms with E-state index in [1.165, 1.54) is 19.3 Å². The summed E-state index contributed by atoms with van der Waals surface area (Å²) >= 11 is 3.61. The van der Waals surface area contributed by atoms with Crippen molar-refractivity contribution in [2.45, 2.75) is 44.4 Å². The molecule has 2 unspecified atom stereocenters. The van der Waals surface area contributed by atoms with Crippen LogP contribution in [0.1, 0.15) is 39.5 Å². The van der Waals surface area contributed by atoms with Gasteiger partial charge in [-0.25, -0.2) is 0 Å². The van der Waals surface area contributed by atoms with Gasteiger partial charge in [-0.15, -0.1) is 0 Å². The molecule has 3 heteroatoms. The number of amides is 1. The first kappa shape index (κ1) is 12.0. The van der Waals surface area contributed by atoms with E-state index in [0.717, 1.165) is 6.54 Å². The van der Waals surface area contributed by atoms with Crippen molar-refractivity contribution in [3.05, 3.63) is 0 Å². The number of halogens is 1. The third kappa shape index (κ3) is 4.45. The van der Waals surface area contributed by atoms with Crippen LogP contribution in [0.2, 0.25) is 0 Å². The maximum atomic E-state index is 11.4. The summed E-state index contributed by atoms with van der Waals surface area (Å²) in [5, 5.41) is 3.02. The molecule has 0 aliphatic heterocycles. The van der Waals surface area contributed by atoms with Crippen LogP contribution in [0.25, 0.3) is 0 Å². The van der Waals surface area contributed by atoms with Crippen LogP contribution in [-0.2, 0) is 4.79 Å². The summed E-state index contributed by atoms with van der Waals surface area (Å²) in [5.74, 6) is 1.36. The Labute approximate surface area is 95.0 Å². The largest absolute Gasteiger partial charge is 0.356 e. The van der Waals surface area contributed by atoms with E-state index in [0.29, 0.717) is 23.1 Å². The number of rotatable bonds is 4. The Bertz CT molecular complexity index is 194. The van der Waals surface area contributed by atoms with Crippen LogP contribution < -0.4 is 5.32 Å². The highest BCUT2D eigenvalue weighted by Gasteiger charge is 2.22. The van der Waals surface area contributed by atoms with Crippen LogP contribution in [-0.4, -0.2) is 17.3 Å². The lowest BCUT2D eigenvalue weighted by atomic mass is 10.1. The Morgan fingerprint density at radius 1 is 1.50 bits per heavy atom. The van der Waals surface area contributed by atoms with E-state index in [-0.39, 0.29) is 5.91 Å². The van der Waals surface area contributed by atoms with E-state index in [1.807, 2.05) is 0 Å². The van der Waals surface area contributed by atoms with Crippen molar-refractivity contribution in [1.82, 2.24) is 5.32 Å². The van der Waals surface area contributed by atoms with Crippen LogP contribution in [0, 0.1) is 11.8 Å². The molecule has 1 aliphatic rings. The van der Waals surface area contributed by atoms with Gasteiger partial charge in [0, 0.05) is 17.8 Å². The van der Waals surface area contributed by atoms with E-state index in [1.54, 1.807) is 0 Å². The minimum atomic E-state index is 0.207. The predicted molar refractivity (Wildman–Crippen MR) is 62.5 cm³/mol. The van der Waals surface area contributed by atoms with Crippen molar-refractivity contribution in [3.63, 3.8) is 0 Å². The van der Waals surface area contributed by atoms with E-state index in [2.05, 4.69) is 35.1 Å².